The van der Waals surface area contributed by atoms with Crippen molar-refractivity contribution in [3.8, 4) is 5.75 Å². The Morgan fingerprint density at radius 1 is 1.25 bits per heavy atom. The van der Waals surface area contributed by atoms with Crippen molar-refractivity contribution >= 4 is 34.6 Å². The molecular weight excluding hydrogens is 473 g/mol. The molecular formula is C20H28IN3O4. The van der Waals surface area contributed by atoms with Crippen LogP contribution in [0.5, 0.6) is 5.75 Å². The summed E-state index contributed by atoms with van der Waals surface area (Å²) in [7, 11) is 0. The minimum Gasteiger partial charge on any atom is -0.488 e. The van der Waals surface area contributed by atoms with Crippen LogP contribution in [0.3, 0.4) is 0 Å². The maximum Gasteiger partial charge on any atom is 0.410 e. The van der Waals surface area contributed by atoms with Crippen molar-refractivity contribution in [2.24, 2.45) is 17.8 Å². The summed E-state index contributed by atoms with van der Waals surface area (Å²) in [4.78, 5) is 30.6. The lowest BCUT2D eigenvalue weighted by molar-refractivity contribution is -0.125. The highest BCUT2D eigenvalue weighted by Crippen LogP contribution is 2.52. The summed E-state index contributed by atoms with van der Waals surface area (Å²) in [5.41, 5.74) is -1.01. The van der Waals surface area contributed by atoms with Gasteiger partial charge in [-0.05, 0) is 75.1 Å². The molecule has 7 nitrogen and oxygen atoms in total. The summed E-state index contributed by atoms with van der Waals surface area (Å²) in [5.74, 6) is 1.17. The molecule has 2 aliphatic rings. The first kappa shape index (κ1) is 21.1. The van der Waals surface area contributed by atoms with E-state index < -0.39 is 11.1 Å². The predicted octanol–water partition coefficient (Wildman–Crippen LogP) is 3.07. The smallest absolute Gasteiger partial charge is 0.410 e. The number of nitrogens with one attached hydrogen (secondary N) is 1. The molecule has 154 valence electrons. The molecule has 2 amide bonds. The Balaban J connectivity index is 1.46. The zero-order valence-electron chi connectivity index (χ0n) is 17.0. The van der Waals surface area contributed by atoms with Crippen LogP contribution in [0.15, 0.2) is 18.5 Å². The maximum absolute atomic E-state index is 12.7. The third kappa shape index (κ3) is 5.07. The minimum atomic E-state index is -0.503. The normalized spacial score (nSPS) is 23.8. The van der Waals surface area contributed by atoms with E-state index in [-0.39, 0.29) is 29.8 Å². The Bertz CT molecular complexity index is 750. The van der Waals surface area contributed by atoms with Crippen LogP contribution in [0.4, 0.5) is 4.79 Å². The quantitative estimate of drug-likeness (QED) is 0.628. The molecule has 3 rings (SSSR count). The first-order valence-electron chi connectivity index (χ1n) is 9.49. The number of rotatable bonds is 5. The molecule has 8 heteroatoms. The fourth-order valence-corrected chi connectivity index (χ4v) is 4.03. The number of hydrogen-bond acceptors (Lipinski definition) is 5. The minimum absolute atomic E-state index is 0.0310. The van der Waals surface area contributed by atoms with Crippen LogP contribution in [0.2, 0.25) is 0 Å². The van der Waals surface area contributed by atoms with Crippen LogP contribution >= 0.6 is 22.6 Å². The van der Waals surface area contributed by atoms with Crippen LogP contribution in [0.25, 0.3) is 0 Å². The molecule has 1 saturated carbocycles. The molecule has 2 fully saturated rings. The van der Waals surface area contributed by atoms with Crippen molar-refractivity contribution in [1.29, 1.82) is 0 Å². The van der Waals surface area contributed by atoms with Gasteiger partial charge in [0, 0.05) is 25.2 Å². The standard InChI is InChI=1S/C20H28IN3O4/c1-19(2,3)28-18(26)24-9-12-13(10-24)16(12)17(25)23-20(4,5)11-27-15-8-22-7-6-14(15)21/h6-8,12-13,16H,9-11H2,1-5H3,(H,23,25)/t12-,13+,16+. The number of hydrogen-bond donors (Lipinski definition) is 1. The monoisotopic (exact) mass is 501 g/mol. The molecule has 1 saturated heterocycles. The average Bonchev–Trinajstić information content (AvgIpc) is 3.07. The van der Waals surface area contributed by atoms with Crippen molar-refractivity contribution in [2.75, 3.05) is 19.7 Å². The molecule has 1 aromatic rings. The number of pyridine rings is 1. The van der Waals surface area contributed by atoms with Crippen molar-refractivity contribution in [1.82, 2.24) is 15.2 Å². The van der Waals surface area contributed by atoms with Gasteiger partial charge < -0.3 is 19.7 Å². The second kappa shape index (κ2) is 7.68. The Labute approximate surface area is 179 Å². The van der Waals surface area contributed by atoms with Crippen molar-refractivity contribution < 1.29 is 19.1 Å². The number of amides is 2. The SMILES string of the molecule is CC(C)(COc1cnccc1I)NC(=O)[C@H]1[C@@H]2CN(C(=O)OC(C)(C)C)C[C@@H]21. The molecule has 0 aromatic carbocycles. The van der Waals surface area contributed by atoms with E-state index in [1.54, 1.807) is 17.3 Å². The van der Waals surface area contributed by atoms with E-state index in [0.29, 0.717) is 25.4 Å². The second-order valence-corrected chi connectivity index (χ2v) is 10.4. The summed E-state index contributed by atoms with van der Waals surface area (Å²) >= 11 is 2.20. The van der Waals surface area contributed by atoms with Crippen molar-refractivity contribution in [2.45, 2.75) is 45.8 Å². The van der Waals surface area contributed by atoms with Gasteiger partial charge >= 0.3 is 6.09 Å². The van der Waals surface area contributed by atoms with E-state index >= 15 is 0 Å². The van der Waals surface area contributed by atoms with Crippen LogP contribution in [0, 0.1) is 21.3 Å². The number of aromatic nitrogens is 1. The van der Waals surface area contributed by atoms with Gasteiger partial charge in [0.15, 0.2) is 5.75 Å². The maximum atomic E-state index is 12.7. The number of carbonyl (C=O) groups is 2. The van der Waals surface area contributed by atoms with Crippen LogP contribution in [0.1, 0.15) is 34.6 Å². The van der Waals surface area contributed by atoms with Gasteiger partial charge in [-0.3, -0.25) is 9.78 Å². The highest BCUT2D eigenvalue weighted by molar-refractivity contribution is 14.1. The number of halogens is 1. The summed E-state index contributed by atoms with van der Waals surface area (Å²) in [6, 6.07) is 1.88. The predicted molar refractivity (Wildman–Crippen MR) is 113 cm³/mol. The van der Waals surface area contributed by atoms with Crippen molar-refractivity contribution in [3.05, 3.63) is 22.0 Å². The van der Waals surface area contributed by atoms with Crippen LogP contribution in [-0.2, 0) is 9.53 Å². The van der Waals surface area contributed by atoms with Gasteiger partial charge in [-0.1, -0.05) is 0 Å². The molecule has 0 radical (unpaired) electrons. The number of nitrogens with zero attached hydrogens (tertiary/aromatic N) is 2. The zero-order chi connectivity index (χ0) is 20.7. The van der Waals surface area contributed by atoms with Crippen LogP contribution in [-0.4, -0.2) is 52.7 Å². The Hall–Kier alpha value is -1.58. The van der Waals surface area contributed by atoms with Gasteiger partial charge in [0.05, 0.1) is 15.3 Å². The number of likely N-dealkylation sites (tertiary alicyclic amines) is 1. The summed E-state index contributed by atoms with van der Waals surface area (Å²) in [6.45, 7) is 11.0. The van der Waals surface area contributed by atoms with Gasteiger partial charge in [0.25, 0.3) is 0 Å². The van der Waals surface area contributed by atoms with Gasteiger partial charge in [-0.25, -0.2) is 4.79 Å². The lowest BCUT2D eigenvalue weighted by Crippen LogP contribution is -2.49. The molecule has 1 aromatic heterocycles. The van der Waals surface area contributed by atoms with Gasteiger partial charge in [-0.15, -0.1) is 0 Å². The van der Waals surface area contributed by atoms with Crippen LogP contribution < -0.4 is 10.1 Å². The Kier molecular flexibility index (Phi) is 5.80. The molecule has 28 heavy (non-hydrogen) atoms. The number of ether oxygens (including phenoxy) is 2. The molecule has 1 N–H and O–H groups in total. The highest BCUT2D eigenvalue weighted by atomic mass is 127. The average molecular weight is 501 g/mol. The molecule has 0 bridgehead atoms. The molecule has 3 atom stereocenters. The van der Waals surface area contributed by atoms with E-state index in [9.17, 15) is 9.59 Å². The van der Waals surface area contributed by atoms with E-state index in [2.05, 4.69) is 32.9 Å². The zero-order valence-corrected chi connectivity index (χ0v) is 19.1. The summed E-state index contributed by atoms with van der Waals surface area (Å²) < 4.78 is 12.2. The highest BCUT2D eigenvalue weighted by Gasteiger charge is 2.61. The Morgan fingerprint density at radius 3 is 2.46 bits per heavy atom. The second-order valence-electron chi connectivity index (χ2n) is 9.21. The lowest BCUT2D eigenvalue weighted by Gasteiger charge is -2.28. The largest absolute Gasteiger partial charge is 0.488 e. The van der Waals surface area contributed by atoms with Crippen molar-refractivity contribution in [3.63, 3.8) is 0 Å². The topological polar surface area (TPSA) is 80.8 Å². The molecule has 0 unspecified atom stereocenters. The Morgan fingerprint density at radius 2 is 1.89 bits per heavy atom. The fourth-order valence-electron chi connectivity index (χ4n) is 3.57. The fraction of sp³-hybridized carbons (Fsp3) is 0.650. The van der Waals surface area contributed by atoms with E-state index in [0.717, 1.165) is 3.57 Å². The summed E-state index contributed by atoms with van der Waals surface area (Å²) in [6.07, 6.45) is 3.10. The van der Waals surface area contributed by atoms with E-state index in [1.807, 2.05) is 40.7 Å². The first-order chi connectivity index (χ1) is 13.0. The van der Waals surface area contributed by atoms with Gasteiger partial charge in [0.1, 0.15) is 12.2 Å². The van der Waals surface area contributed by atoms with E-state index in [1.165, 1.54) is 0 Å². The summed E-state index contributed by atoms with van der Waals surface area (Å²) in [5, 5.41) is 3.10. The lowest BCUT2D eigenvalue weighted by atomic mass is 10.1. The number of piperidine rings is 1. The molecule has 0 spiro atoms. The first-order valence-corrected chi connectivity index (χ1v) is 10.6. The molecule has 1 aliphatic heterocycles. The molecule has 1 aliphatic carbocycles. The number of fused-ring (bicyclic) bond motifs is 1. The molecule has 2 heterocycles. The number of carbonyl (C=O) groups excluding carboxylic acids is 2. The van der Waals surface area contributed by atoms with Gasteiger partial charge in [-0.2, -0.15) is 0 Å². The third-order valence-corrected chi connectivity index (χ3v) is 5.82. The third-order valence-electron chi connectivity index (χ3n) is 4.93. The van der Waals surface area contributed by atoms with E-state index in [4.69, 9.17) is 9.47 Å². The van der Waals surface area contributed by atoms with Gasteiger partial charge in [0.2, 0.25) is 5.91 Å².